The molecule has 1 nitrogen and oxygen atoms in total. The highest BCUT2D eigenvalue weighted by Gasteiger charge is 2.27. The van der Waals surface area contributed by atoms with Gasteiger partial charge in [-0.1, -0.05) is 59.8 Å². The molecule has 0 spiro atoms. The third kappa shape index (κ3) is 6.79. The highest BCUT2D eigenvalue weighted by molar-refractivity contribution is 4.82. The van der Waals surface area contributed by atoms with Crippen molar-refractivity contribution in [3.05, 3.63) is 0 Å². The van der Waals surface area contributed by atoms with E-state index in [1.54, 1.807) is 0 Å². The van der Waals surface area contributed by atoms with E-state index in [9.17, 15) is 0 Å². The van der Waals surface area contributed by atoms with Crippen LogP contribution in [-0.4, -0.2) is 13.1 Å². The summed E-state index contributed by atoms with van der Waals surface area (Å²) in [4.78, 5) is 0. The second kappa shape index (κ2) is 8.29. The molecule has 1 heteroatoms. The molecule has 1 aliphatic carbocycles. The molecule has 0 aliphatic heterocycles. The molecule has 1 saturated carbocycles. The molecule has 1 N–H and O–H groups in total. The first-order valence-electron chi connectivity index (χ1n) is 8.63. The van der Waals surface area contributed by atoms with Gasteiger partial charge in [0.25, 0.3) is 0 Å². The first-order chi connectivity index (χ1) is 8.96. The van der Waals surface area contributed by atoms with Crippen LogP contribution in [0.4, 0.5) is 0 Å². The summed E-state index contributed by atoms with van der Waals surface area (Å²) in [6, 6.07) is 0.756. The zero-order chi connectivity index (χ0) is 14.3. The summed E-state index contributed by atoms with van der Waals surface area (Å²) in [5.74, 6) is 1.97. The van der Waals surface area contributed by atoms with Gasteiger partial charge in [0.15, 0.2) is 0 Å². The Morgan fingerprint density at radius 2 is 1.74 bits per heavy atom. The van der Waals surface area contributed by atoms with Crippen molar-refractivity contribution in [2.45, 2.75) is 91.5 Å². The number of hydrogen-bond donors (Lipinski definition) is 1. The van der Waals surface area contributed by atoms with Crippen molar-refractivity contribution in [1.29, 1.82) is 0 Å². The smallest absolute Gasteiger partial charge is 0.00925 e. The van der Waals surface area contributed by atoms with Crippen LogP contribution in [0.3, 0.4) is 0 Å². The van der Waals surface area contributed by atoms with Gasteiger partial charge >= 0.3 is 0 Å². The van der Waals surface area contributed by atoms with Gasteiger partial charge in [0.1, 0.15) is 0 Å². The number of nitrogens with one attached hydrogen (secondary N) is 1. The Labute approximate surface area is 121 Å². The predicted molar refractivity (Wildman–Crippen MR) is 86.5 cm³/mol. The maximum Gasteiger partial charge on any atom is 0.00925 e. The van der Waals surface area contributed by atoms with Crippen molar-refractivity contribution in [1.82, 2.24) is 5.32 Å². The van der Waals surface area contributed by atoms with Crippen molar-refractivity contribution in [3.63, 3.8) is 0 Å². The molecule has 1 atom stereocenters. The third-order valence-corrected chi connectivity index (χ3v) is 5.00. The molecule has 0 heterocycles. The lowest BCUT2D eigenvalue weighted by molar-refractivity contribution is 0.198. The van der Waals surface area contributed by atoms with Gasteiger partial charge in [0.05, 0.1) is 0 Å². The fourth-order valence-electron chi connectivity index (χ4n) is 3.58. The van der Waals surface area contributed by atoms with Gasteiger partial charge in [0, 0.05) is 6.04 Å². The van der Waals surface area contributed by atoms with E-state index >= 15 is 0 Å². The maximum absolute atomic E-state index is 3.60. The molecule has 1 fully saturated rings. The lowest BCUT2D eigenvalue weighted by atomic mass is 9.75. The fraction of sp³-hybridized carbons (Fsp3) is 1.00. The Bertz CT molecular complexity index is 220. The van der Waals surface area contributed by atoms with Crippen LogP contribution >= 0.6 is 0 Å². The van der Waals surface area contributed by atoms with E-state index in [-0.39, 0.29) is 0 Å². The predicted octanol–water partition coefficient (Wildman–Crippen LogP) is 5.40. The van der Waals surface area contributed by atoms with Crippen molar-refractivity contribution < 1.29 is 0 Å². The van der Waals surface area contributed by atoms with Gasteiger partial charge in [-0.15, -0.1) is 0 Å². The van der Waals surface area contributed by atoms with E-state index in [4.69, 9.17) is 0 Å². The molecular formula is C18H37N. The van der Waals surface area contributed by atoms with E-state index in [2.05, 4.69) is 40.1 Å². The lowest BCUT2D eigenvalue weighted by Crippen LogP contribution is -2.36. The molecule has 0 aromatic rings. The molecule has 0 aromatic carbocycles. The molecule has 1 rings (SSSR count). The standard InChI is InChI=1S/C18H37N/c1-6-7-8-15-9-11-16(12-10-15)17(19-5)13-14-18(2,3)4/h15-17,19H,6-14H2,1-5H3. The molecular weight excluding hydrogens is 230 g/mol. The van der Waals surface area contributed by atoms with E-state index in [0.717, 1.165) is 17.9 Å². The largest absolute Gasteiger partial charge is 0.317 e. The third-order valence-electron chi connectivity index (χ3n) is 5.00. The minimum atomic E-state index is 0.480. The van der Waals surface area contributed by atoms with Crippen LogP contribution in [0.1, 0.15) is 85.5 Å². The topological polar surface area (TPSA) is 12.0 Å². The van der Waals surface area contributed by atoms with Crippen LogP contribution in [0.15, 0.2) is 0 Å². The van der Waals surface area contributed by atoms with Crippen molar-refractivity contribution in [2.75, 3.05) is 7.05 Å². The molecule has 0 saturated heterocycles. The maximum atomic E-state index is 3.60. The van der Waals surface area contributed by atoms with Gasteiger partial charge in [-0.05, 0) is 50.0 Å². The first kappa shape index (κ1) is 17.0. The summed E-state index contributed by atoms with van der Waals surface area (Å²) in [5, 5.41) is 3.60. The summed E-state index contributed by atoms with van der Waals surface area (Å²) >= 11 is 0. The van der Waals surface area contributed by atoms with E-state index < -0.39 is 0 Å². The van der Waals surface area contributed by atoms with Crippen LogP contribution in [0.25, 0.3) is 0 Å². The van der Waals surface area contributed by atoms with Crippen LogP contribution in [0.2, 0.25) is 0 Å². The Morgan fingerprint density at radius 3 is 2.21 bits per heavy atom. The normalized spacial score (nSPS) is 26.4. The Kier molecular flexibility index (Phi) is 7.42. The van der Waals surface area contributed by atoms with E-state index in [0.29, 0.717) is 5.41 Å². The van der Waals surface area contributed by atoms with Crippen LogP contribution < -0.4 is 5.32 Å². The number of unbranched alkanes of at least 4 members (excludes halogenated alkanes) is 1. The highest BCUT2D eigenvalue weighted by atomic mass is 14.9. The Hall–Kier alpha value is -0.0400. The number of hydrogen-bond acceptors (Lipinski definition) is 1. The van der Waals surface area contributed by atoms with E-state index in [1.807, 2.05) is 0 Å². The summed E-state index contributed by atoms with van der Waals surface area (Å²) in [6.45, 7) is 9.40. The number of rotatable bonds is 7. The van der Waals surface area contributed by atoms with Gasteiger partial charge in [0.2, 0.25) is 0 Å². The molecule has 0 amide bonds. The zero-order valence-corrected chi connectivity index (χ0v) is 14.1. The summed E-state index contributed by atoms with van der Waals surface area (Å²) < 4.78 is 0. The van der Waals surface area contributed by atoms with Crippen LogP contribution in [0.5, 0.6) is 0 Å². The van der Waals surface area contributed by atoms with Crippen molar-refractivity contribution in [3.8, 4) is 0 Å². The average molecular weight is 268 g/mol. The van der Waals surface area contributed by atoms with Gasteiger partial charge in [-0.3, -0.25) is 0 Å². The highest BCUT2D eigenvalue weighted by Crippen LogP contribution is 2.35. The lowest BCUT2D eigenvalue weighted by Gasteiger charge is -2.35. The molecule has 19 heavy (non-hydrogen) atoms. The van der Waals surface area contributed by atoms with E-state index in [1.165, 1.54) is 57.8 Å². The Morgan fingerprint density at radius 1 is 1.11 bits per heavy atom. The molecule has 1 unspecified atom stereocenters. The SMILES string of the molecule is CCCCC1CCC(C(CCC(C)(C)C)NC)CC1. The molecule has 1 aliphatic rings. The van der Waals surface area contributed by atoms with Gasteiger partial charge in [-0.2, -0.15) is 0 Å². The molecule has 0 radical (unpaired) electrons. The quantitative estimate of drug-likeness (QED) is 0.651. The first-order valence-corrected chi connectivity index (χ1v) is 8.63. The molecule has 0 aromatic heterocycles. The summed E-state index contributed by atoms with van der Waals surface area (Å²) in [7, 11) is 2.16. The summed E-state index contributed by atoms with van der Waals surface area (Å²) in [6.07, 6.45) is 12.9. The Balaban J connectivity index is 2.31. The average Bonchev–Trinajstić information content (AvgIpc) is 2.37. The summed E-state index contributed by atoms with van der Waals surface area (Å²) in [5.41, 5.74) is 0.480. The van der Waals surface area contributed by atoms with Gasteiger partial charge in [-0.25, -0.2) is 0 Å². The van der Waals surface area contributed by atoms with Crippen molar-refractivity contribution in [2.24, 2.45) is 17.3 Å². The molecule has 114 valence electrons. The van der Waals surface area contributed by atoms with Gasteiger partial charge < -0.3 is 5.32 Å². The second-order valence-corrected chi connectivity index (χ2v) is 7.92. The minimum absolute atomic E-state index is 0.480. The molecule has 0 bridgehead atoms. The zero-order valence-electron chi connectivity index (χ0n) is 14.1. The van der Waals surface area contributed by atoms with Crippen LogP contribution in [-0.2, 0) is 0 Å². The van der Waals surface area contributed by atoms with Crippen LogP contribution in [0, 0.1) is 17.3 Å². The van der Waals surface area contributed by atoms with Crippen molar-refractivity contribution >= 4 is 0 Å². The monoisotopic (exact) mass is 267 g/mol. The fourth-order valence-corrected chi connectivity index (χ4v) is 3.58. The second-order valence-electron chi connectivity index (χ2n) is 7.92. The minimum Gasteiger partial charge on any atom is -0.317 e.